The van der Waals surface area contributed by atoms with Gasteiger partial charge in [-0.25, -0.2) is 0 Å². The second-order valence-electron chi connectivity index (χ2n) is 4.20. The SMILES string of the molecule is CCN(CC)CCN[Si](C)(C)C. The number of hydrogen-bond donors (Lipinski definition) is 1. The van der Waals surface area contributed by atoms with Gasteiger partial charge in [-0.15, -0.1) is 0 Å². The van der Waals surface area contributed by atoms with E-state index in [2.05, 4.69) is 43.4 Å². The Hall–Kier alpha value is 0.137. The van der Waals surface area contributed by atoms with Crippen LogP contribution in [0, 0.1) is 0 Å². The van der Waals surface area contributed by atoms with Crippen LogP contribution < -0.4 is 4.98 Å². The molecule has 0 saturated heterocycles. The van der Waals surface area contributed by atoms with E-state index >= 15 is 0 Å². The van der Waals surface area contributed by atoms with Crippen molar-refractivity contribution >= 4 is 8.24 Å². The highest BCUT2D eigenvalue weighted by Gasteiger charge is 2.11. The third kappa shape index (κ3) is 6.82. The molecule has 0 saturated carbocycles. The molecule has 0 fully saturated rings. The fourth-order valence-electron chi connectivity index (χ4n) is 1.13. The van der Waals surface area contributed by atoms with Crippen molar-refractivity contribution < 1.29 is 0 Å². The third-order valence-corrected chi connectivity index (χ3v) is 3.29. The van der Waals surface area contributed by atoms with E-state index in [0.29, 0.717) is 0 Å². The molecule has 2 nitrogen and oxygen atoms in total. The van der Waals surface area contributed by atoms with E-state index in [1.165, 1.54) is 19.6 Å². The van der Waals surface area contributed by atoms with Crippen LogP contribution in [0.4, 0.5) is 0 Å². The van der Waals surface area contributed by atoms with Crippen LogP contribution in [-0.2, 0) is 0 Å². The average Bonchev–Trinajstić information content (AvgIpc) is 1.96. The summed E-state index contributed by atoms with van der Waals surface area (Å²) in [7, 11) is -1.03. The summed E-state index contributed by atoms with van der Waals surface area (Å²) < 4.78 is 0. The van der Waals surface area contributed by atoms with E-state index < -0.39 is 8.24 Å². The van der Waals surface area contributed by atoms with E-state index in [1.807, 2.05) is 0 Å². The number of rotatable bonds is 6. The molecule has 0 spiro atoms. The number of nitrogens with zero attached hydrogens (tertiary/aromatic N) is 1. The van der Waals surface area contributed by atoms with E-state index in [4.69, 9.17) is 0 Å². The van der Waals surface area contributed by atoms with Gasteiger partial charge in [-0.2, -0.15) is 0 Å². The average molecular weight is 188 g/mol. The van der Waals surface area contributed by atoms with Crippen molar-refractivity contribution in [3.05, 3.63) is 0 Å². The van der Waals surface area contributed by atoms with Crippen LogP contribution in [0.1, 0.15) is 13.8 Å². The van der Waals surface area contributed by atoms with Crippen molar-refractivity contribution in [2.24, 2.45) is 0 Å². The van der Waals surface area contributed by atoms with Gasteiger partial charge in [0.1, 0.15) is 8.24 Å². The Morgan fingerprint density at radius 1 is 1.08 bits per heavy atom. The summed E-state index contributed by atoms with van der Waals surface area (Å²) in [6.07, 6.45) is 0. The standard InChI is InChI=1S/C9H24N2Si/c1-6-11(7-2)9-8-10-12(3,4)5/h10H,6-9H2,1-5H3. The van der Waals surface area contributed by atoms with Gasteiger partial charge >= 0.3 is 0 Å². The molecule has 0 amide bonds. The second kappa shape index (κ2) is 5.73. The molecule has 0 aliphatic carbocycles. The van der Waals surface area contributed by atoms with Gasteiger partial charge in [-0.05, 0) is 13.1 Å². The van der Waals surface area contributed by atoms with Crippen LogP contribution in [0.2, 0.25) is 19.6 Å². The lowest BCUT2D eigenvalue weighted by atomic mass is 10.5. The van der Waals surface area contributed by atoms with Crippen molar-refractivity contribution in [3.63, 3.8) is 0 Å². The Kier molecular flexibility index (Phi) is 5.79. The van der Waals surface area contributed by atoms with Gasteiger partial charge in [-0.1, -0.05) is 33.5 Å². The maximum absolute atomic E-state index is 3.62. The Morgan fingerprint density at radius 3 is 1.92 bits per heavy atom. The molecule has 0 aliphatic heterocycles. The van der Waals surface area contributed by atoms with Crippen molar-refractivity contribution in [2.75, 3.05) is 26.2 Å². The summed E-state index contributed by atoms with van der Waals surface area (Å²) in [5.74, 6) is 0. The molecule has 0 aromatic carbocycles. The zero-order valence-electron chi connectivity index (χ0n) is 9.28. The van der Waals surface area contributed by atoms with E-state index in [-0.39, 0.29) is 0 Å². The highest BCUT2D eigenvalue weighted by atomic mass is 28.3. The van der Waals surface area contributed by atoms with Crippen LogP contribution in [0.5, 0.6) is 0 Å². The van der Waals surface area contributed by atoms with Crippen molar-refractivity contribution in [2.45, 2.75) is 33.5 Å². The Balaban J connectivity index is 3.41. The lowest BCUT2D eigenvalue weighted by molar-refractivity contribution is 0.308. The quantitative estimate of drug-likeness (QED) is 0.639. The Labute approximate surface area is 78.4 Å². The maximum Gasteiger partial charge on any atom is 0.116 e. The molecule has 0 heterocycles. The van der Waals surface area contributed by atoms with E-state index in [1.54, 1.807) is 0 Å². The molecule has 1 N–H and O–H groups in total. The molecule has 3 heteroatoms. The first-order chi connectivity index (χ1) is 5.49. The Morgan fingerprint density at radius 2 is 1.58 bits per heavy atom. The first-order valence-corrected chi connectivity index (χ1v) is 8.47. The van der Waals surface area contributed by atoms with E-state index in [0.717, 1.165) is 6.54 Å². The normalized spacial score (nSPS) is 12.5. The topological polar surface area (TPSA) is 15.3 Å². The minimum absolute atomic E-state index is 1.03. The first-order valence-electron chi connectivity index (χ1n) is 4.97. The molecule has 0 rings (SSSR count). The van der Waals surface area contributed by atoms with Gasteiger partial charge in [0.05, 0.1) is 0 Å². The predicted octanol–water partition coefficient (Wildman–Crippen LogP) is 1.75. The van der Waals surface area contributed by atoms with Crippen LogP contribution >= 0.6 is 0 Å². The molecule has 74 valence electrons. The highest BCUT2D eigenvalue weighted by molar-refractivity contribution is 6.73. The molecule has 0 atom stereocenters. The summed E-state index contributed by atoms with van der Waals surface area (Å²) in [6, 6.07) is 0. The van der Waals surface area contributed by atoms with Gasteiger partial charge in [0.2, 0.25) is 0 Å². The lowest BCUT2D eigenvalue weighted by Gasteiger charge is -2.22. The summed E-state index contributed by atoms with van der Waals surface area (Å²) in [5.41, 5.74) is 0. The molecular formula is C9H24N2Si. The lowest BCUT2D eigenvalue weighted by Crippen LogP contribution is -2.45. The summed E-state index contributed by atoms with van der Waals surface area (Å²) in [5, 5.41) is 0. The zero-order chi connectivity index (χ0) is 9.61. The van der Waals surface area contributed by atoms with Crippen LogP contribution in [0.3, 0.4) is 0 Å². The molecule has 0 unspecified atom stereocenters. The third-order valence-electron chi connectivity index (χ3n) is 1.98. The molecular weight excluding hydrogens is 164 g/mol. The van der Waals surface area contributed by atoms with Crippen molar-refractivity contribution in [3.8, 4) is 0 Å². The smallest absolute Gasteiger partial charge is 0.116 e. The van der Waals surface area contributed by atoms with Crippen LogP contribution in [0.15, 0.2) is 0 Å². The molecule has 0 aromatic heterocycles. The number of likely N-dealkylation sites (N-methyl/N-ethyl adjacent to an activating group) is 1. The minimum atomic E-state index is -1.03. The van der Waals surface area contributed by atoms with Crippen molar-refractivity contribution in [1.29, 1.82) is 0 Å². The Bertz CT molecular complexity index is 106. The molecule has 0 aromatic rings. The summed E-state index contributed by atoms with van der Waals surface area (Å²) >= 11 is 0. The molecule has 0 bridgehead atoms. The zero-order valence-corrected chi connectivity index (χ0v) is 10.3. The highest BCUT2D eigenvalue weighted by Crippen LogP contribution is 1.93. The summed E-state index contributed by atoms with van der Waals surface area (Å²) in [4.78, 5) is 6.07. The fourth-order valence-corrected chi connectivity index (χ4v) is 1.99. The van der Waals surface area contributed by atoms with Gasteiger partial charge in [0.15, 0.2) is 0 Å². The van der Waals surface area contributed by atoms with Crippen molar-refractivity contribution in [1.82, 2.24) is 9.88 Å². The molecule has 0 aliphatic rings. The monoisotopic (exact) mass is 188 g/mol. The van der Waals surface area contributed by atoms with E-state index in [9.17, 15) is 0 Å². The fraction of sp³-hybridized carbons (Fsp3) is 1.00. The number of nitrogens with one attached hydrogen (secondary N) is 1. The molecule has 0 radical (unpaired) electrons. The second-order valence-corrected chi connectivity index (χ2v) is 9.06. The largest absolute Gasteiger partial charge is 0.336 e. The van der Waals surface area contributed by atoms with Gasteiger partial charge in [0, 0.05) is 13.1 Å². The van der Waals surface area contributed by atoms with Gasteiger partial charge < -0.3 is 9.88 Å². The van der Waals surface area contributed by atoms with Gasteiger partial charge in [0.25, 0.3) is 0 Å². The van der Waals surface area contributed by atoms with Crippen LogP contribution in [0.25, 0.3) is 0 Å². The van der Waals surface area contributed by atoms with Gasteiger partial charge in [-0.3, -0.25) is 0 Å². The van der Waals surface area contributed by atoms with Crippen LogP contribution in [-0.4, -0.2) is 39.3 Å². The molecule has 12 heavy (non-hydrogen) atoms. The summed E-state index contributed by atoms with van der Waals surface area (Å²) in [6.45, 7) is 16.2. The first kappa shape index (κ1) is 12.1. The number of hydrogen-bond acceptors (Lipinski definition) is 2. The predicted molar refractivity (Wildman–Crippen MR) is 59.1 cm³/mol. The maximum atomic E-state index is 3.62. The minimum Gasteiger partial charge on any atom is -0.336 e.